The van der Waals surface area contributed by atoms with Crippen molar-refractivity contribution in [2.75, 3.05) is 6.61 Å². The molecule has 0 heterocycles. The molecule has 0 amide bonds. The lowest BCUT2D eigenvalue weighted by atomic mass is 9.46. The lowest BCUT2D eigenvalue weighted by Gasteiger charge is -2.61. The Balaban J connectivity index is 1.83. The molecular weight excluding hydrogens is 269 g/mol. The molecule has 0 spiro atoms. The van der Waals surface area contributed by atoms with Crippen molar-refractivity contribution >= 4 is 0 Å². The number of allylic oxidation sites excluding steroid dienone is 1. The highest BCUT2D eigenvalue weighted by atomic mass is 19.2. The van der Waals surface area contributed by atoms with E-state index in [2.05, 4.69) is 12.6 Å². The van der Waals surface area contributed by atoms with Crippen LogP contribution in [0.3, 0.4) is 0 Å². The Hall–Kier alpha value is -0.920. The van der Waals surface area contributed by atoms with Gasteiger partial charge in [-0.2, -0.15) is 5.26 Å². The third kappa shape index (κ3) is 2.22. The average molecular weight is 293 g/mol. The van der Waals surface area contributed by atoms with Crippen LogP contribution in [0.25, 0.3) is 0 Å². The molecule has 4 aliphatic carbocycles. The minimum atomic E-state index is -1.59. The number of nitriles is 1. The second-order valence-corrected chi connectivity index (χ2v) is 7.05. The van der Waals surface area contributed by atoms with E-state index in [1.807, 2.05) is 6.92 Å². The van der Waals surface area contributed by atoms with Crippen LogP contribution in [0.15, 0.2) is 12.2 Å². The number of ether oxygens (including phenoxy) is 2. The van der Waals surface area contributed by atoms with Crippen LogP contribution < -0.4 is 0 Å². The maximum atomic E-state index is 15.6. The monoisotopic (exact) mass is 293 g/mol. The number of alkyl halides is 1. The summed E-state index contributed by atoms with van der Waals surface area (Å²) in [6.07, 6.45) is 3.61. The second-order valence-electron chi connectivity index (χ2n) is 7.05. The van der Waals surface area contributed by atoms with E-state index in [1.165, 1.54) is 0 Å². The van der Waals surface area contributed by atoms with Gasteiger partial charge in [0.1, 0.15) is 0 Å². The molecule has 3 nitrogen and oxygen atoms in total. The molecule has 4 rings (SSSR count). The average Bonchev–Trinajstić information content (AvgIpc) is 2.43. The van der Waals surface area contributed by atoms with Crippen LogP contribution in [0.1, 0.15) is 46.0 Å². The fourth-order valence-electron chi connectivity index (χ4n) is 5.12. The third-order valence-electron chi connectivity index (χ3n) is 5.83. The highest BCUT2D eigenvalue weighted by Gasteiger charge is 2.65. The fourth-order valence-corrected chi connectivity index (χ4v) is 5.12. The first-order chi connectivity index (χ1) is 9.93. The van der Waals surface area contributed by atoms with Crippen LogP contribution in [0.4, 0.5) is 4.39 Å². The number of nitrogens with zero attached hydrogens (tertiary/aromatic N) is 1. The lowest BCUT2D eigenvalue weighted by Crippen LogP contribution is -2.61. The second kappa shape index (κ2) is 5.07. The molecule has 0 radical (unpaired) electrons. The van der Waals surface area contributed by atoms with Gasteiger partial charge >= 0.3 is 0 Å². The maximum absolute atomic E-state index is 15.6. The Labute approximate surface area is 126 Å². The minimum absolute atomic E-state index is 0.128. The van der Waals surface area contributed by atoms with Crippen LogP contribution >= 0.6 is 0 Å². The minimum Gasteiger partial charge on any atom is -0.353 e. The van der Waals surface area contributed by atoms with Crippen molar-refractivity contribution in [1.82, 2.24) is 0 Å². The predicted octanol–water partition coefficient (Wildman–Crippen LogP) is 3.96. The molecule has 3 atom stereocenters. The summed E-state index contributed by atoms with van der Waals surface area (Å²) in [4.78, 5) is 0. The number of rotatable bonds is 5. The van der Waals surface area contributed by atoms with E-state index >= 15 is 4.39 Å². The van der Waals surface area contributed by atoms with Crippen molar-refractivity contribution < 1.29 is 13.9 Å². The van der Waals surface area contributed by atoms with E-state index in [1.54, 1.807) is 6.92 Å². The summed E-state index contributed by atoms with van der Waals surface area (Å²) in [6, 6.07) is 2.23. The first-order valence-electron chi connectivity index (χ1n) is 8.01. The molecule has 0 aromatic carbocycles. The highest BCUT2D eigenvalue weighted by Crippen LogP contribution is 2.67. The van der Waals surface area contributed by atoms with E-state index in [4.69, 9.17) is 9.47 Å². The topological polar surface area (TPSA) is 42.2 Å². The lowest BCUT2D eigenvalue weighted by molar-refractivity contribution is -0.335. The smallest absolute Gasteiger partial charge is 0.217 e. The maximum Gasteiger partial charge on any atom is 0.217 e. The van der Waals surface area contributed by atoms with Gasteiger partial charge in [-0.25, -0.2) is 4.39 Å². The molecule has 4 heteroatoms. The Morgan fingerprint density at radius 3 is 2.52 bits per heavy atom. The van der Waals surface area contributed by atoms with E-state index in [0.29, 0.717) is 30.9 Å². The van der Waals surface area contributed by atoms with E-state index in [0.717, 1.165) is 19.3 Å². The van der Waals surface area contributed by atoms with E-state index in [9.17, 15) is 5.26 Å². The van der Waals surface area contributed by atoms with Crippen LogP contribution in [-0.2, 0) is 9.47 Å². The Morgan fingerprint density at radius 2 is 2.00 bits per heavy atom. The van der Waals surface area contributed by atoms with Gasteiger partial charge in [0.2, 0.25) is 5.85 Å². The molecule has 4 aliphatic rings. The van der Waals surface area contributed by atoms with Gasteiger partial charge in [0.15, 0.2) is 6.29 Å². The largest absolute Gasteiger partial charge is 0.353 e. The summed E-state index contributed by atoms with van der Waals surface area (Å²) in [5.41, 5.74) is 0.473. The number of hydrogen-bond donors (Lipinski definition) is 0. The zero-order chi connectivity index (χ0) is 15.3. The van der Waals surface area contributed by atoms with Gasteiger partial charge in [-0.3, -0.25) is 0 Å². The Bertz CT molecular complexity index is 468. The number of halogens is 1. The van der Waals surface area contributed by atoms with Crippen molar-refractivity contribution in [1.29, 1.82) is 5.26 Å². The Morgan fingerprint density at radius 1 is 1.38 bits per heavy atom. The van der Waals surface area contributed by atoms with E-state index < -0.39 is 12.1 Å². The molecule has 0 saturated heterocycles. The first kappa shape index (κ1) is 15.0. The van der Waals surface area contributed by atoms with Crippen molar-refractivity contribution in [2.45, 2.75) is 58.1 Å². The van der Waals surface area contributed by atoms with Crippen LogP contribution in [-0.4, -0.2) is 18.8 Å². The van der Waals surface area contributed by atoms with Gasteiger partial charge in [-0.15, -0.1) is 0 Å². The Kier molecular flexibility index (Phi) is 3.62. The molecule has 116 valence electrons. The molecule has 4 fully saturated rings. The van der Waals surface area contributed by atoms with Gasteiger partial charge in [0.25, 0.3) is 0 Å². The fraction of sp³-hybridized carbons (Fsp3) is 0.824. The number of hydrogen-bond acceptors (Lipinski definition) is 3. The van der Waals surface area contributed by atoms with Crippen LogP contribution in [0, 0.1) is 34.5 Å². The standard InChI is InChI=1S/C17H24FNO2/c1-4-20-12(3)21-17(18)14-5-13-6-15(17)9-16(7-13,8-14)11(2)10-19/h12-15H,2,4-9H2,1,3H3. The summed E-state index contributed by atoms with van der Waals surface area (Å²) in [6.45, 7) is 8.12. The first-order valence-corrected chi connectivity index (χ1v) is 8.01. The summed E-state index contributed by atoms with van der Waals surface area (Å²) in [7, 11) is 0. The van der Waals surface area contributed by atoms with Gasteiger partial charge in [0, 0.05) is 29.4 Å². The molecule has 0 aliphatic heterocycles. The zero-order valence-electron chi connectivity index (χ0n) is 12.9. The quantitative estimate of drug-likeness (QED) is 0.569. The normalized spacial score (nSPS) is 45.3. The predicted molar refractivity (Wildman–Crippen MR) is 76.8 cm³/mol. The molecule has 0 N–H and O–H groups in total. The molecule has 0 aromatic rings. The van der Waals surface area contributed by atoms with Gasteiger partial charge in [-0.1, -0.05) is 6.58 Å². The van der Waals surface area contributed by atoms with Crippen molar-refractivity contribution in [3.63, 3.8) is 0 Å². The molecule has 0 aromatic heterocycles. The van der Waals surface area contributed by atoms with E-state index in [-0.39, 0.29) is 17.3 Å². The third-order valence-corrected chi connectivity index (χ3v) is 5.83. The zero-order valence-corrected chi connectivity index (χ0v) is 12.9. The summed E-state index contributed by atoms with van der Waals surface area (Å²) < 4.78 is 26.7. The van der Waals surface area contributed by atoms with Gasteiger partial charge in [0.05, 0.1) is 6.07 Å². The van der Waals surface area contributed by atoms with Crippen molar-refractivity contribution in [3.05, 3.63) is 12.2 Å². The molecule has 4 bridgehead atoms. The summed E-state index contributed by atoms with van der Waals surface area (Å²) in [5.74, 6) is -1.33. The molecule has 3 unspecified atom stereocenters. The van der Waals surface area contributed by atoms with Crippen molar-refractivity contribution in [2.24, 2.45) is 23.2 Å². The molecular formula is C17H24FNO2. The van der Waals surface area contributed by atoms with Gasteiger partial charge < -0.3 is 9.47 Å². The van der Waals surface area contributed by atoms with Gasteiger partial charge in [-0.05, 0) is 51.9 Å². The highest BCUT2D eigenvalue weighted by molar-refractivity contribution is 5.30. The molecule has 4 saturated carbocycles. The molecule has 21 heavy (non-hydrogen) atoms. The summed E-state index contributed by atoms with van der Waals surface area (Å²) in [5, 5.41) is 9.25. The summed E-state index contributed by atoms with van der Waals surface area (Å²) >= 11 is 0. The van der Waals surface area contributed by atoms with Crippen molar-refractivity contribution in [3.8, 4) is 6.07 Å². The van der Waals surface area contributed by atoms with Crippen LogP contribution in [0.2, 0.25) is 0 Å². The SMILES string of the molecule is C=C(C#N)C12CC3CC(C1)C(F)(OC(C)OCC)C(C3)C2. The van der Waals surface area contributed by atoms with Crippen LogP contribution in [0.5, 0.6) is 0 Å².